The van der Waals surface area contributed by atoms with Crippen LogP contribution in [0.1, 0.15) is 0 Å². The highest BCUT2D eigenvalue weighted by atomic mass is 31.2. The van der Waals surface area contributed by atoms with Gasteiger partial charge in [-0.1, -0.05) is 143 Å². The highest BCUT2D eigenvalue weighted by Crippen LogP contribution is 2.45. The first-order valence-corrected chi connectivity index (χ1v) is 11.9. The zero-order valence-corrected chi connectivity index (χ0v) is 16.8. The zero-order valence-electron chi connectivity index (χ0n) is 15.0. The van der Waals surface area contributed by atoms with Crippen LogP contribution in [0.15, 0.2) is 121 Å². The molecule has 0 saturated heterocycles. The van der Waals surface area contributed by atoms with E-state index in [4.69, 9.17) is 0 Å². The fourth-order valence-corrected chi connectivity index (χ4v) is 8.66. The van der Waals surface area contributed by atoms with Crippen molar-refractivity contribution in [2.24, 2.45) is 0 Å². The van der Waals surface area contributed by atoms with E-state index < -0.39 is 15.6 Å². The summed E-state index contributed by atoms with van der Waals surface area (Å²) < 4.78 is 0. The third kappa shape index (κ3) is 4.56. The highest BCUT2D eigenvalue weighted by molar-refractivity contribution is 8.24. The van der Waals surface area contributed by atoms with E-state index in [2.05, 4.69) is 128 Å². The Kier molecular flexibility index (Phi) is 6.15. The molecular formula is C24H20BP2-. The Morgan fingerprint density at radius 3 is 0.778 bits per heavy atom. The average Bonchev–Trinajstić information content (AvgIpc) is 2.77. The predicted octanol–water partition coefficient (Wildman–Crippen LogP) is 4.79. The Balaban J connectivity index is 1.77. The van der Waals surface area contributed by atoms with Gasteiger partial charge in [0.1, 0.15) is 0 Å². The van der Waals surface area contributed by atoms with Crippen molar-refractivity contribution in [1.29, 1.82) is 0 Å². The molecule has 4 aromatic carbocycles. The minimum Gasteiger partial charge on any atom is -0.280 e. The van der Waals surface area contributed by atoms with E-state index in [1.54, 1.807) is 0 Å². The van der Waals surface area contributed by atoms with Gasteiger partial charge in [-0.05, 0) is 0 Å². The van der Waals surface area contributed by atoms with E-state index in [9.17, 15) is 0 Å². The third-order valence-electron chi connectivity index (χ3n) is 4.37. The molecule has 27 heavy (non-hydrogen) atoms. The summed E-state index contributed by atoms with van der Waals surface area (Å²) in [4.78, 5) is 0. The normalized spacial score (nSPS) is 11.0. The summed E-state index contributed by atoms with van der Waals surface area (Å²) in [6, 6.07) is 43.7. The van der Waals surface area contributed by atoms with Gasteiger partial charge >= 0.3 is 0 Å². The summed E-state index contributed by atoms with van der Waals surface area (Å²) >= 11 is 0. The maximum Gasteiger partial charge on any atom is -0.0578 e. The van der Waals surface area contributed by atoms with E-state index in [-0.39, 0.29) is 0 Å². The minimum absolute atomic E-state index is 0.534. The predicted molar refractivity (Wildman–Crippen MR) is 124 cm³/mol. The number of benzene rings is 4. The molecule has 0 unspecified atom stereocenters. The molecule has 0 aliphatic heterocycles. The Morgan fingerprint density at radius 2 is 0.556 bits per heavy atom. The van der Waals surface area contributed by atoms with Crippen LogP contribution in [-0.2, 0) is 0 Å². The van der Waals surface area contributed by atoms with Crippen molar-refractivity contribution in [3.63, 3.8) is 0 Å². The molecule has 4 aromatic rings. The molecule has 0 aromatic heterocycles. The molecule has 0 spiro atoms. The lowest BCUT2D eigenvalue weighted by atomic mass is 10.4. The first kappa shape index (κ1) is 18.2. The van der Waals surface area contributed by atoms with Crippen molar-refractivity contribution < 1.29 is 0 Å². The topological polar surface area (TPSA) is 0 Å². The summed E-state index contributed by atoms with van der Waals surface area (Å²) in [7, 11) is -1.07. The molecule has 0 N–H and O–H groups in total. The van der Waals surface area contributed by atoms with Crippen LogP contribution in [-0.4, -0.2) is 6.72 Å². The highest BCUT2D eigenvalue weighted by Gasteiger charge is 2.09. The van der Waals surface area contributed by atoms with Gasteiger partial charge in [0.25, 0.3) is 0 Å². The van der Waals surface area contributed by atoms with E-state index in [1.165, 1.54) is 21.2 Å². The molecule has 0 amide bonds. The van der Waals surface area contributed by atoms with Crippen molar-refractivity contribution in [2.75, 3.05) is 0 Å². The van der Waals surface area contributed by atoms with Crippen molar-refractivity contribution >= 4 is 43.5 Å². The van der Waals surface area contributed by atoms with Gasteiger partial charge in [0.2, 0.25) is 0 Å². The van der Waals surface area contributed by atoms with Crippen molar-refractivity contribution in [1.82, 2.24) is 0 Å². The van der Waals surface area contributed by atoms with Gasteiger partial charge in [0.15, 0.2) is 0 Å². The van der Waals surface area contributed by atoms with Crippen LogP contribution in [0.2, 0.25) is 0 Å². The maximum atomic E-state index is 2.61. The fourth-order valence-electron chi connectivity index (χ4n) is 3.03. The zero-order chi connectivity index (χ0) is 18.3. The molecule has 0 fully saturated rings. The molecule has 130 valence electrons. The Labute approximate surface area is 165 Å². The molecule has 3 heteroatoms. The second-order valence-corrected chi connectivity index (χ2v) is 10.7. The largest absolute Gasteiger partial charge is 0.280 e. The Bertz CT molecular complexity index is 785. The van der Waals surface area contributed by atoms with E-state index in [1.807, 2.05) is 0 Å². The van der Waals surface area contributed by atoms with Crippen LogP contribution < -0.4 is 21.2 Å². The van der Waals surface area contributed by atoms with Gasteiger partial charge in [-0.3, -0.25) is 15.6 Å². The van der Waals surface area contributed by atoms with Gasteiger partial charge in [-0.2, -0.15) is 0 Å². The molecule has 2 radical (unpaired) electrons. The maximum absolute atomic E-state index is 2.61. The van der Waals surface area contributed by atoms with Crippen molar-refractivity contribution in [3.05, 3.63) is 121 Å². The summed E-state index contributed by atoms with van der Waals surface area (Å²) in [6.07, 6.45) is 0. The molecule has 0 aliphatic carbocycles. The second-order valence-electron chi connectivity index (χ2n) is 6.20. The van der Waals surface area contributed by atoms with Gasteiger partial charge in [0.05, 0.1) is 0 Å². The number of hydrogen-bond acceptors (Lipinski definition) is 0. The van der Waals surface area contributed by atoms with Crippen LogP contribution in [0.4, 0.5) is 0 Å². The average molecular weight is 381 g/mol. The van der Waals surface area contributed by atoms with E-state index >= 15 is 0 Å². The SMILES string of the molecule is [B-](P(c1ccccc1)c1ccccc1)P(c1ccccc1)c1ccccc1. The summed E-state index contributed by atoms with van der Waals surface area (Å²) in [5.74, 6) is 0. The summed E-state index contributed by atoms with van der Waals surface area (Å²) in [5, 5.41) is 5.60. The van der Waals surface area contributed by atoms with Gasteiger partial charge < -0.3 is 0 Å². The number of rotatable bonds is 6. The first-order chi connectivity index (χ1) is 13.4. The van der Waals surface area contributed by atoms with Crippen LogP contribution in [0.25, 0.3) is 0 Å². The smallest absolute Gasteiger partial charge is 0.0578 e. The molecule has 0 bridgehead atoms. The lowest BCUT2D eigenvalue weighted by Gasteiger charge is -2.40. The van der Waals surface area contributed by atoms with E-state index in [0.29, 0.717) is 0 Å². The van der Waals surface area contributed by atoms with Crippen LogP contribution in [0, 0.1) is 0 Å². The second kappa shape index (κ2) is 9.14. The van der Waals surface area contributed by atoms with Crippen LogP contribution in [0.3, 0.4) is 0 Å². The lowest BCUT2D eigenvalue weighted by Crippen LogP contribution is -2.21. The molecule has 0 atom stereocenters. The molecular weight excluding hydrogens is 361 g/mol. The van der Waals surface area contributed by atoms with Gasteiger partial charge in [-0.15, -0.1) is 0 Å². The minimum atomic E-state index is -0.534. The monoisotopic (exact) mass is 381 g/mol. The Hall–Kier alpha value is -2.20. The first-order valence-electron chi connectivity index (χ1n) is 9.05. The fraction of sp³-hybridized carbons (Fsp3) is 0. The van der Waals surface area contributed by atoms with Gasteiger partial charge in [0, 0.05) is 0 Å². The third-order valence-corrected chi connectivity index (χ3v) is 9.63. The standard InChI is InChI=1S/C24H20BP2/c1-5-13-21(14-6-1)26(22-15-7-2-8-16-22)25-27(23-17-9-3-10-18-23)24-19-11-4-12-20-24/h1-20H/q-1. The number of hydrogen-bond donors (Lipinski definition) is 0. The summed E-state index contributed by atoms with van der Waals surface area (Å²) in [5.41, 5.74) is 0. The van der Waals surface area contributed by atoms with Crippen LogP contribution >= 0.6 is 15.6 Å². The van der Waals surface area contributed by atoms with Crippen molar-refractivity contribution in [3.8, 4) is 0 Å². The quantitative estimate of drug-likeness (QED) is 0.333. The van der Waals surface area contributed by atoms with E-state index in [0.717, 1.165) is 0 Å². The van der Waals surface area contributed by atoms with Gasteiger partial charge in [-0.25, -0.2) is 6.72 Å². The molecule has 0 nitrogen and oxygen atoms in total. The molecule has 0 heterocycles. The lowest BCUT2D eigenvalue weighted by molar-refractivity contribution is 1.76. The summed E-state index contributed by atoms with van der Waals surface area (Å²) in [6.45, 7) is 2.61. The molecule has 4 rings (SSSR count). The Morgan fingerprint density at radius 1 is 0.333 bits per heavy atom. The molecule has 0 aliphatic rings. The van der Waals surface area contributed by atoms with Crippen molar-refractivity contribution in [2.45, 2.75) is 0 Å². The molecule has 0 saturated carbocycles. The van der Waals surface area contributed by atoms with Crippen LogP contribution in [0.5, 0.6) is 0 Å².